The van der Waals surface area contributed by atoms with E-state index in [0.717, 1.165) is 10.0 Å². The lowest BCUT2D eigenvalue weighted by atomic mass is 10.1. The zero-order chi connectivity index (χ0) is 9.14. The molecule has 0 saturated heterocycles. The minimum Gasteiger partial charge on any atom is -0.206 e. The van der Waals surface area contributed by atoms with Crippen molar-refractivity contribution in [2.45, 2.75) is 13.8 Å². The summed E-state index contributed by atoms with van der Waals surface area (Å²) in [5, 5.41) is 0. The van der Waals surface area contributed by atoms with E-state index >= 15 is 0 Å². The van der Waals surface area contributed by atoms with Gasteiger partial charge in [-0.1, -0.05) is 22.0 Å². The van der Waals surface area contributed by atoms with Crippen LogP contribution >= 0.6 is 15.9 Å². The molecule has 0 spiro atoms. The van der Waals surface area contributed by atoms with Crippen LogP contribution in [0.4, 0.5) is 4.39 Å². The van der Waals surface area contributed by atoms with Gasteiger partial charge in [-0.15, -0.1) is 0 Å². The number of benzene rings is 1. The number of hydrogen-bond donors (Lipinski definition) is 0. The van der Waals surface area contributed by atoms with Gasteiger partial charge in [0.05, 0.1) is 0 Å². The Morgan fingerprint density at radius 2 is 2.17 bits per heavy atom. The van der Waals surface area contributed by atoms with E-state index in [-0.39, 0.29) is 5.82 Å². The molecular formula is C10H10BrF. The fourth-order valence-corrected chi connectivity index (χ4v) is 1.32. The van der Waals surface area contributed by atoms with Gasteiger partial charge in [0.25, 0.3) is 0 Å². The second kappa shape index (κ2) is 3.85. The number of hydrogen-bond acceptors (Lipinski definition) is 0. The highest BCUT2D eigenvalue weighted by Gasteiger charge is 2.02. The fraction of sp³-hybridized carbons (Fsp3) is 0.200. The molecule has 1 aromatic rings. The molecule has 2 heteroatoms. The van der Waals surface area contributed by atoms with Crippen LogP contribution < -0.4 is 0 Å². The van der Waals surface area contributed by atoms with Gasteiger partial charge in [-0.2, -0.15) is 0 Å². The van der Waals surface area contributed by atoms with E-state index in [0.29, 0.717) is 5.56 Å². The summed E-state index contributed by atoms with van der Waals surface area (Å²) in [4.78, 5) is 0. The van der Waals surface area contributed by atoms with Crippen molar-refractivity contribution in [1.29, 1.82) is 0 Å². The van der Waals surface area contributed by atoms with Crippen LogP contribution in [0.2, 0.25) is 0 Å². The van der Waals surface area contributed by atoms with Crippen LogP contribution in [0.25, 0.3) is 5.57 Å². The van der Waals surface area contributed by atoms with Gasteiger partial charge in [0.1, 0.15) is 5.82 Å². The molecule has 0 bridgehead atoms. The topological polar surface area (TPSA) is 0 Å². The van der Waals surface area contributed by atoms with E-state index in [1.165, 1.54) is 6.07 Å². The van der Waals surface area contributed by atoms with Gasteiger partial charge < -0.3 is 0 Å². The van der Waals surface area contributed by atoms with Gasteiger partial charge in [-0.05, 0) is 37.6 Å². The van der Waals surface area contributed by atoms with Crippen molar-refractivity contribution in [2.75, 3.05) is 0 Å². The van der Waals surface area contributed by atoms with Gasteiger partial charge in [0, 0.05) is 10.0 Å². The fourth-order valence-electron chi connectivity index (χ4n) is 0.955. The highest BCUT2D eigenvalue weighted by Crippen LogP contribution is 2.21. The number of allylic oxidation sites excluding steroid dienone is 2. The summed E-state index contributed by atoms with van der Waals surface area (Å²) in [7, 11) is 0. The molecule has 0 heterocycles. The molecule has 1 rings (SSSR count). The maximum absolute atomic E-state index is 13.1. The molecule has 0 unspecified atom stereocenters. The first-order valence-electron chi connectivity index (χ1n) is 3.73. The van der Waals surface area contributed by atoms with Crippen molar-refractivity contribution in [1.82, 2.24) is 0 Å². The molecular weight excluding hydrogens is 219 g/mol. The van der Waals surface area contributed by atoms with E-state index in [9.17, 15) is 4.39 Å². The molecule has 0 N–H and O–H groups in total. The lowest BCUT2D eigenvalue weighted by Gasteiger charge is -2.02. The van der Waals surface area contributed by atoms with Crippen LogP contribution in [0.15, 0.2) is 28.7 Å². The van der Waals surface area contributed by atoms with Crippen LogP contribution in [-0.2, 0) is 0 Å². The highest BCUT2D eigenvalue weighted by atomic mass is 79.9. The Hall–Kier alpha value is -0.630. The van der Waals surface area contributed by atoms with Crippen molar-refractivity contribution in [3.63, 3.8) is 0 Å². The Balaban J connectivity index is 3.23. The van der Waals surface area contributed by atoms with Crippen LogP contribution in [0.1, 0.15) is 19.4 Å². The van der Waals surface area contributed by atoms with E-state index in [1.807, 2.05) is 19.9 Å². The summed E-state index contributed by atoms with van der Waals surface area (Å²) in [5.41, 5.74) is 1.61. The van der Waals surface area contributed by atoms with E-state index in [4.69, 9.17) is 0 Å². The van der Waals surface area contributed by atoms with Crippen molar-refractivity contribution in [3.05, 3.63) is 40.1 Å². The second-order valence-corrected chi connectivity index (χ2v) is 3.51. The Kier molecular flexibility index (Phi) is 3.04. The molecule has 0 aliphatic carbocycles. The van der Waals surface area contributed by atoms with E-state index in [2.05, 4.69) is 15.9 Å². The third-order valence-corrected chi connectivity index (χ3v) is 2.28. The molecule has 64 valence electrons. The van der Waals surface area contributed by atoms with E-state index in [1.54, 1.807) is 12.1 Å². The average molecular weight is 229 g/mol. The normalized spacial score (nSPS) is 11.8. The third-order valence-electron chi connectivity index (χ3n) is 1.79. The molecule has 0 radical (unpaired) electrons. The van der Waals surface area contributed by atoms with Crippen LogP contribution in [-0.4, -0.2) is 0 Å². The Bertz CT molecular complexity index is 316. The average Bonchev–Trinajstić information content (AvgIpc) is 2.08. The molecule has 1 aromatic carbocycles. The highest BCUT2D eigenvalue weighted by molar-refractivity contribution is 9.10. The van der Waals surface area contributed by atoms with Crippen molar-refractivity contribution >= 4 is 21.5 Å². The summed E-state index contributed by atoms with van der Waals surface area (Å²) in [6.07, 6.45) is 1.89. The smallest absolute Gasteiger partial charge is 0.130 e. The minimum atomic E-state index is -0.172. The van der Waals surface area contributed by atoms with Crippen LogP contribution in [0.3, 0.4) is 0 Å². The van der Waals surface area contributed by atoms with E-state index < -0.39 is 0 Å². The number of rotatable bonds is 1. The van der Waals surface area contributed by atoms with Gasteiger partial charge >= 0.3 is 0 Å². The summed E-state index contributed by atoms with van der Waals surface area (Å²) in [5.74, 6) is -0.172. The monoisotopic (exact) mass is 228 g/mol. The quantitative estimate of drug-likeness (QED) is 0.682. The summed E-state index contributed by atoms with van der Waals surface area (Å²) < 4.78 is 14.0. The molecule has 0 aromatic heterocycles. The van der Waals surface area contributed by atoms with Crippen molar-refractivity contribution in [3.8, 4) is 0 Å². The zero-order valence-corrected chi connectivity index (χ0v) is 8.65. The predicted octanol–water partition coefficient (Wildman–Crippen LogP) is 4.01. The standard InChI is InChI=1S/C10H10BrF/c1-3-7(2)9-6-8(11)4-5-10(9)12/h3-6H,1-2H3/b7-3+. The predicted molar refractivity (Wildman–Crippen MR) is 53.4 cm³/mol. The Morgan fingerprint density at radius 3 is 2.75 bits per heavy atom. The van der Waals surface area contributed by atoms with Crippen LogP contribution in [0.5, 0.6) is 0 Å². The second-order valence-electron chi connectivity index (χ2n) is 2.60. The molecule has 0 aliphatic rings. The Labute approximate surface area is 80.2 Å². The first-order chi connectivity index (χ1) is 5.65. The zero-order valence-electron chi connectivity index (χ0n) is 7.07. The maximum atomic E-state index is 13.1. The van der Waals surface area contributed by atoms with Crippen molar-refractivity contribution in [2.24, 2.45) is 0 Å². The molecule has 0 nitrogen and oxygen atoms in total. The lowest BCUT2D eigenvalue weighted by molar-refractivity contribution is 0.623. The summed E-state index contributed by atoms with van der Waals surface area (Å²) >= 11 is 3.30. The number of halogens is 2. The molecule has 0 saturated carbocycles. The molecule has 0 aliphatic heterocycles. The van der Waals surface area contributed by atoms with Gasteiger partial charge in [0.2, 0.25) is 0 Å². The summed E-state index contributed by atoms with van der Waals surface area (Å²) in [6.45, 7) is 3.79. The van der Waals surface area contributed by atoms with Gasteiger partial charge in [-0.25, -0.2) is 4.39 Å². The molecule has 0 amide bonds. The minimum absolute atomic E-state index is 0.172. The lowest BCUT2D eigenvalue weighted by Crippen LogP contribution is -1.85. The largest absolute Gasteiger partial charge is 0.206 e. The first-order valence-corrected chi connectivity index (χ1v) is 4.53. The maximum Gasteiger partial charge on any atom is 0.130 e. The molecule has 0 fully saturated rings. The third kappa shape index (κ3) is 1.95. The van der Waals surface area contributed by atoms with Gasteiger partial charge in [-0.3, -0.25) is 0 Å². The molecule has 0 atom stereocenters. The first kappa shape index (κ1) is 9.46. The SMILES string of the molecule is C/C=C(\C)c1cc(Br)ccc1F. The summed E-state index contributed by atoms with van der Waals surface area (Å²) in [6, 6.07) is 4.94. The Morgan fingerprint density at radius 1 is 1.50 bits per heavy atom. The van der Waals surface area contributed by atoms with Gasteiger partial charge in [0.15, 0.2) is 0 Å². The van der Waals surface area contributed by atoms with Crippen LogP contribution in [0, 0.1) is 5.82 Å². The molecule has 12 heavy (non-hydrogen) atoms. The van der Waals surface area contributed by atoms with Crippen molar-refractivity contribution < 1.29 is 4.39 Å².